The minimum atomic E-state index is -3.38. The van der Waals surface area contributed by atoms with Gasteiger partial charge in [0.2, 0.25) is 10.0 Å². The Kier molecular flexibility index (Phi) is 6.26. The van der Waals surface area contributed by atoms with Crippen molar-refractivity contribution >= 4 is 16.0 Å². The third-order valence-corrected chi connectivity index (χ3v) is 6.55. The van der Waals surface area contributed by atoms with E-state index >= 15 is 0 Å². The van der Waals surface area contributed by atoms with Crippen LogP contribution in [-0.2, 0) is 27.1 Å². The number of rotatable bonds is 6. The van der Waals surface area contributed by atoms with Gasteiger partial charge in [-0.1, -0.05) is 42.5 Å². The molecule has 27 heavy (non-hydrogen) atoms. The molecule has 7 heteroatoms. The summed E-state index contributed by atoms with van der Waals surface area (Å²) < 4.78 is 31.6. The van der Waals surface area contributed by atoms with Crippen LogP contribution in [-0.4, -0.2) is 56.9 Å². The van der Waals surface area contributed by atoms with Crippen LogP contribution in [0.2, 0.25) is 0 Å². The quantitative estimate of drug-likeness (QED) is 0.709. The zero-order valence-electron chi connectivity index (χ0n) is 15.4. The highest BCUT2D eigenvalue weighted by Gasteiger charge is 2.27. The van der Waals surface area contributed by atoms with E-state index in [9.17, 15) is 13.2 Å². The predicted molar refractivity (Wildman–Crippen MR) is 104 cm³/mol. The number of carbonyl (C=O) groups is 1. The minimum Gasteiger partial charge on any atom is -0.465 e. The van der Waals surface area contributed by atoms with Crippen LogP contribution in [0.3, 0.4) is 0 Å². The highest BCUT2D eigenvalue weighted by molar-refractivity contribution is 7.88. The second-order valence-corrected chi connectivity index (χ2v) is 8.57. The number of ether oxygens (including phenoxy) is 1. The van der Waals surface area contributed by atoms with Gasteiger partial charge in [-0.3, -0.25) is 4.90 Å². The van der Waals surface area contributed by atoms with Crippen LogP contribution in [0.5, 0.6) is 0 Å². The number of sulfonamides is 1. The van der Waals surface area contributed by atoms with E-state index < -0.39 is 16.0 Å². The molecule has 0 aromatic heterocycles. The average molecular weight is 388 g/mol. The largest absolute Gasteiger partial charge is 0.465 e. The van der Waals surface area contributed by atoms with Crippen LogP contribution in [0, 0.1) is 0 Å². The number of carbonyl (C=O) groups excluding carboxylic acids is 1. The Morgan fingerprint density at radius 1 is 0.926 bits per heavy atom. The summed E-state index contributed by atoms with van der Waals surface area (Å²) in [6, 6.07) is 16.7. The van der Waals surface area contributed by atoms with Crippen molar-refractivity contribution in [1.29, 1.82) is 0 Å². The molecule has 144 valence electrons. The van der Waals surface area contributed by atoms with Crippen molar-refractivity contribution in [2.24, 2.45) is 0 Å². The van der Waals surface area contributed by atoms with E-state index in [0.717, 1.165) is 19.6 Å². The van der Waals surface area contributed by atoms with Crippen molar-refractivity contribution in [2.45, 2.75) is 12.3 Å². The van der Waals surface area contributed by atoms with Crippen molar-refractivity contribution in [3.05, 3.63) is 71.3 Å². The summed E-state index contributed by atoms with van der Waals surface area (Å²) in [4.78, 5) is 13.7. The topological polar surface area (TPSA) is 66.9 Å². The zero-order chi connectivity index (χ0) is 19.3. The van der Waals surface area contributed by atoms with Gasteiger partial charge in [-0.2, -0.15) is 4.31 Å². The lowest BCUT2D eigenvalue weighted by Crippen LogP contribution is -2.48. The zero-order valence-corrected chi connectivity index (χ0v) is 16.2. The van der Waals surface area contributed by atoms with Crippen LogP contribution >= 0.6 is 0 Å². The molecule has 1 aliphatic heterocycles. The number of benzene rings is 2. The Morgan fingerprint density at radius 2 is 1.56 bits per heavy atom. The fourth-order valence-corrected chi connectivity index (χ4v) is 4.68. The molecule has 3 rings (SSSR count). The molecule has 2 aromatic rings. The Balaban J connectivity index is 1.56. The maximum atomic E-state index is 12.7. The number of hydrogen-bond donors (Lipinski definition) is 0. The predicted octanol–water partition coefficient (Wildman–Crippen LogP) is 2.12. The van der Waals surface area contributed by atoms with Gasteiger partial charge < -0.3 is 4.74 Å². The first-order valence-corrected chi connectivity index (χ1v) is 10.5. The van der Waals surface area contributed by atoms with Crippen LogP contribution in [0.4, 0.5) is 0 Å². The molecule has 1 heterocycles. The first-order chi connectivity index (χ1) is 13.0. The molecule has 0 saturated carbocycles. The molecular weight excluding hydrogens is 364 g/mol. The lowest BCUT2D eigenvalue weighted by molar-refractivity contribution is 0.0600. The molecule has 1 aliphatic rings. The van der Waals surface area contributed by atoms with E-state index in [4.69, 9.17) is 0 Å². The number of hydrogen-bond acceptors (Lipinski definition) is 5. The van der Waals surface area contributed by atoms with E-state index in [0.29, 0.717) is 24.2 Å². The van der Waals surface area contributed by atoms with Gasteiger partial charge in [-0.15, -0.1) is 0 Å². The summed E-state index contributed by atoms with van der Waals surface area (Å²) in [5.41, 5.74) is 2.31. The summed E-state index contributed by atoms with van der Waals surface area (Å²) in [5, 5.41) is 0. The standard InChI is InChI=1S/C20H24N2O4S/c1-26-20(23)19-9-7-18(8-10-19)16-27(24,25)22-13-11-21(12-14-22)15-17-5-3-2-4-6-17/h2-10H,11-16H2,1H3. The van der Waals surface area contributed by atoms with Gasteiger partial charge in [0.1, 0.15) is 0 Å². The monoisotopic (exact) mass is 388 g/mol. The summed E-state index contributed by atoms with van der Waals surface area (Å²) in [6.07, 6.45) is 0. The van der Waals surface area contributed by atoms with Crippen molar-refractivity contribution < 1.29 is 17.9 Å². The Hall–Kier alpha value is -2.22. The van der Waals surface area contributed by atoms with Gasteiger partial charge >= 0.3 is 5.97 Å². The van der Waals surface area contributed by atoms with E-state index in [1.807, 2.05) is 18.2 Å². The highest BCUT2D eigenvalue weighted by Crippen LogP contribution is 2.16. The molecule has 0 N–H and O–H groups in total. The van der Waals surface area contributed by atoms with Gasteiger partial charge in [0.05, 0.1) is 18.4 Å². The fourth-order valence-electron chi connectivity index (χ4n) is 3.16. The normalized spacial score (nSPS) is 16.2. The average Bonchev–Trinajstić information content (AvgIpc) is 2.69. The van der Waals surface area contributed by atoms with Crippen LogP contribution in [0.1, 0.15) is 21.5 Å². The smallest absolute Gasteiger partial charge is 0.337 e. The third-order valence-electron chi connectivity index (χ3n) is 4.70. The summed E-state index contributed by atoms with van der Waals surface area (Å²) in [5.74, 6) is -0.494. The van der Waals surface area contributed by atoms with E-state index in [-0.39, 0.29) is 5.75 Å². The molecule has 6 nitrogen and oxygen atoms in total. The van der Waals surface area contributed by atoms with Gasteiger partial charge in [0, 0.05) is 32.7 Å². The molecule has 0 amide bonds. The molecule has 0 bridgehead atoms. The van der Waals surface area contributed by atoms with Gasteiger partial charge in [-0.05, 0) is 23.3 Å². The second kappa shape index (κ2) is 8.65. The van der Waals surface area contributed by atoms with Crippen molar-refractivity contribution in [3.8, 4) is 0 Å². The SMILES string of the molecule is COC(=O)c1ccc(CS(=O)(=O)N2CCN(Cc3ccccc3)CC2)cc1. The molecular formula is C20H24N2O4S. The van der Waals surface area contributed by atoms with Crippen molar-refractivity contribution in [2.75, 3.05) is 33.3 Å². The molecule has 1 saturated heterocycles. The van der Waals surface area contributed by atoms with Gasteiger partial charge in [0.15, 0.2) is 0 Å². The summed E-state index contributed by atoms with van der Waals surface area (Å²) in [7, 11) is -2.06. The lowest BCUT2D eigenvalue weighted by atomic mass is 10.1. The molecule has 0 spiro atoms. The summed E-state index contributed by atoms with van der Waals surface area (Å²) >= 11 is 0. The molecule has 0 atom stereocenters. The van der Waals surface area contributed by atoms with E-state index in [1.165, 1.54) is 12.7 Å². The first-order valence-electron chi connectivity index (χ1n) is 8.89. The number of esters is 1. The fraction of sp³-hybridized carbons (Fsp3) is 0.350. The number of piperazine rings is 1. The van der Waals surface area contributed by atoms with Crippen molar-refractivity contribution in [1.82, 2.24) is 9.21 Å². The lowest BCUT2D eigenvalue weighted by Gasteiger charge is -2.34. The number of methoxy groups -OCH3 is 1. The highest BCUT2D eigenvalue weighted by atomic mass is 32.2. The first kappa shape index (κ1) is 19.5. The second-order valence-electron chi connectivity index (χ2n) is 6.61. The molecule has 2 aromatic carbocycles. The van der Waals surface area contributed by atoms with Crippen molar-refractivity contribution in [3.63, 3.8) is 0 Å². The molecule has 0 radical (unpaired) electrons. The maximum absolute atomic E-state index is 12.7. The molecule has 1 fully saturated rings. The summed E-state index contributed by atoms with van der Waals surface area (Å²) in [6.45, 7) is 3.26. The van der Waals surface area contributed by atoms with Gasteiger partial charge in [0.25, 0.3) is 0 Å². The van der Waals surface area contributed by atoms with Crippen LogP contribution < -0.4 is 0 Å². The van der Waals surface area contributed by atoms with Crippen LogP contribution in [0.15, 0.2) is 54.6 Å². The molecule has 0 unspecified atom stereocenters. The Bertz CT molecular complexity index is 859. The van der Waals surface area contributed by atoms with E-state index in [2.05, 4.69) is 21.8 Å². The maximum Gasteiger partial charge on any atom is 0.337 e. The van der Waals surface area contributed by atoms with E-state index in [1.54, 1.807) is 28.6 Å². The number of nitrogens with zero attached hydrogens (tertiary/aromatic N) is 2. The minimum absolute atomic E-state index is 0.0624. The van der Waals surface area contributed by atoms with Gasteiger partial charge in [-0.25, -0.2) is 13.2 Å². The van der Waals surface area contributed by atoms with Crippen LogP contribution in [0.25, 0.3) is 0 Å². The Labute approximate surface area is 160 Å². The third kappa shape index (κ3) is 5.15. The Morgan fingerprint density at radius 3 is 2.15 bits per heavy atom. The molecule has 0 aliphatic carbocycles.